The highest BCUT2D eigenvalue weighted by atomic mass is 16.5. The number of amides is 2. The monoisotopic (exact) mass is 380 g/mol. The highest BCUT2D eigenvalue weighted by Gasteiger charge is 2.38. The number of nitrogens with zero attached hydrogens (tertiary/aromatic N) is 4. The Morgan fingerprint density at radius 3 is 2.71 bits per heavy atom. The Morgan fingerprint density at radius 2 is 1.93 bits per heavy atom. The quantitative estimate of drug-likeness (QED) is 0.790. The summed E-state index contributed by atoms with van der Waals surface area (Å²) in [6, 6.07) is 9.86. The third-order valence-corrected chi connectivity index (χ3v) is 5.44. The Kier molecular flexibility index (Phi) is 5.62. The van der Waals surface area contributed by atoms with Crippen molar-refractivity contribution in [1.29, 1.82) is 0 Å². The average molecular weight is 380 g/mol. The molecule has 2 amide bonds. The third kappa shape index (κ3) is 4.20. The first-order valence-corrected chi connectivity index (χ1v) is 9.67. The van der Waals surface area contributed by atoms with Crippen LogP contribution in [0.4, 0.5) is 0 Å². The number of ether oxygens (including phenoxy) is 1. The lowest BCUT2D eigenvalue weighted by molar-refractivity contribution is -0.140. The van der Waals surface area contributed by atoms with Crippen LogP contribution in [0.15, 0.2) is 48.9 Å². The standard InChI is InChI=1S/C21H24N4O3/c26-20(15-28-14-16-4-2-1-3-5-16)25-12-17-6-7-18(25)13-24(11-17)21(27)19-10-22-8-9-23-19/h1-5,8-10,17-18H,6-7,11-15H2/t17-,18+/m0/s1. The van der Waals surface area contributed by atoms with E-state index in [4.69, 9.17) is 4.74 Å². The van der Waals surface area contributed by atoms with E-state index in [2.05, 4.69) is 9.97 Å². The summed E-state index contributed by atoms with van der Waals surface area (Å²) in [6.45, 7) is 2.36. The van der Waals surface area contributed by atoms with Gasteiger partial charge in [0.2, 0.25) is 5.91 Å². The van der Waals surface area contributed by atoms with Crippen LogP contribution < -0.4 is 0 Å². The molecule has 1 aromatic heterocycles. The van der Waals surface area contributed by atoms with Crippen molar-refractivity contribution in [1.82, 2.24) is 19.8 Å². The van der Waals surface area contributed by atoms with E-state index in [-0.39, 0.29) is 30.4 Å². The first-order valence-electron chi connectivity index (χ1n) is 9.67. The summed E-state index contributed by atoms with van der Waals surface area (Å²) in [5.41, 5.74) is 1.40. The largest absolute Gasteiger partial charge is 0.367 e. The number of piperidine rings is 1. The minimum absolute atomic E-state index is 0.000525. The summed E-state index contributed by atoms with van der Waals surface area (Å²) in [5, 5.41) is 0. The van der Waals surface area contributed by atoms with Gasteiger partial charge in [0.15, 0.2) is 0 Å². The molecule has 0 saturated carbocycles. The Balaban J connectivity index is 1.36. The highest BCUT2D eigenvalue weighted by Crippen LogP contribution is 2.28. The van der Waals surface area contributed by atoms with E-state index in [0.717, 1.165) is 18.4 Å². The summed E-state index contributed by atoms with van der Waals surface area (Å²) >= 11 is 0. The molecule has 3 saturated heterocycles. The molecule has 0 N–H and O–H groups in total. The zero-order valence-electron chi connectivity index (χ0n) is 15.7. The molecule has 0 unspecified atom stereocenters. The maximum Gasteiger partial charge on any atom is 0.274 e. The zero-order chi connectivity index (χ0) is 19.3. The molecule has 0 aliphatic carbocycles. The molecule has 3 fully saturated rings. The van der Waals surface area contributed by atoms with Gasteiger partial charge in [-0.05, 0) is 24.3 Å². The molecular weight excluding hydrogens is 356 g/mol. The molecule has 146 valence electrons. The predicted octanol–water partition coefficient (Wildman–Crippen LogP) is 1.76. The van der Waals surface area contributed by atoms with E-state index in [1.165, 1.54) is 12.4 Å². The summed E-state index contributed by atoms with van der Waals surface area (Å²) in [4.78, 5) is 37.4. The number of hydrogen-bond donors (Lipinski definition) is 0. The van der Waals surface area contributed by atoms with E-state index in [1.807, 2.05) is 40.1 Å². The van der Waals surface area contributed by atoms with E-state index < -0.39 is 0 Å². The first-order chi connectivity index (χ1) is 13.7. The van der Waals surface area contributed by atoms with Gasteiger partial charge in [-0.3, -0.25) is 14.6 Å². The second-order valence-corrected chi connectivity index (χ2v) is 7.42. The van der Waals surface area contributed by atoms with Crippen LogP contribution in [0.25, 0.3) is 0 Å². The summed E-state index contributed by atoms with van der Waals surface area (Å²) in [7, 11) is 0. The van der Waals surface area contributed by atoms with Crippen molar-refractivity contribution in [3.05, 3.63) is 60.2 Å². The van der Waals surface area contributed by atoms with Gasteiger partial charge in [-0.1, -0.05) is 30.3 Å². The van der Waals surface area contributed by atoms with Gasteiger partial charge < -0.3 is 14.5 Å². The third-order valence-electron chi connectivity index (χ3n) is 5.44. The fraction of sp³-hybridized carbons (Fsp3) is 0.429. The maximum atomic E-state index is 12.8. The van der Waals surface area contributed by atoms with E-state index in [9.17, 15) is 9.59 Å². The summed E-state index contributed by atoms with van der Waals surface area (Å²) in [5.74, 6) is 0.177. The molecule has 0 spiro atoms. The molecule has 1 aromatic carbocycles. The Bertz CT molecular complexity index is 815. The fourth-order valence-electron chi connectivity index (χ4n) is 4.04. The van der Waals surface area contributed by atoms with Crippen LogP contribution in [-0.4, -0.2) is 63.9 Å². The second-order valence-electron chi connectivity index (χ2n) is 7.42. The van der Waals surface area contributed by atoms with Crippen LogP contribution in [0, 0.1) is 5.92 Å². The van der Waals surface area contributed by atoms with Crippen LogP contribution in [0.5, 0.6) is 0 Å². The van der Waals surface area contributed by atoms with Crippen molar-refractivity contribution in [3.8, 4) is 0 Å². The lowest BCUT2D eigenvalue weighted by Crippen LogP contribution is -2.49. The molecular formula is C21H24N4O3. The van der Waals surface area contributed by atoms with Crippen molar-refractivity contribution in [2.45, 2.75) is 25.5 Å². The Labute approximate surface area is 164 Å². The average Bonchev–Trinajstić information content (AvgIpc) is 3.07. The molecule has 5 rings (SSSR count). The van der Waals surface area contributed by atoms with E-state index >= 15 is 0 Å². The zero-order valence-corrected chi connectivity index (χ0v) is 15.7. The number of carbonyl (C=O) groups is 2. The SMILES string of the molecule is O=C(c1cnccn1)N1C[C@@H]2CC[C@H](C1)N(C(=O)COCc1ccccc1)C2. The lowest BCUT2D eigenvalue weighted by atomic mass is 9.95. The van der Waals surface area contributed by atoms with Crippen molar-refractivity contribution >= 4 is 11.8 Å². The van der Waals surface area contributed by atoms with Gasteiger partial charge in [0.1, 0.15) is 12.3 Å². The molecule has 0 radical (unpaired) electrons. The van der Waals surface area contributed by atoms with Gasteiger partial charge in [-0.2, -0.15) is 0 Å². The number of rotatable bonds is 5. The number of benzene rings is 1. The molecule has 3 aliphatic heterocycles. The first kappa shape index (κ1) is 18.6. The molecule has 2 atom stereocenters. The van der Waals surface area contributed by atoms with Gasteiger partial charge in [-0.25, -0.2) is 4.98 Å². The van der Waals surface area contributed by atoms with E-state index in [1.54, 1.807) is 6.20 Å². The summed E-state index contributed by atoms with van der Waals surface area (Å²) < 4.78 is 5.64. The number of carbonyl (C=O) groups excluding carboxylic acids is 2. The van der Waals surface area contributed by atoms with Crippen molar-refractivity contribution in [2.75, 3.05) is 26.2 Å². The van der Waals surface area contributed by atoms with Gasteiger partial charge in [0.05, 0.1) is 12.8 Å². The fourth-order valence-corrected chi connectivity index (χ4v) is 4.04. The Morgan fingerprint density at radius 1 is 1.07 bits per heavy atom. The molecule has 2 bridgehead atoms. The van der Waals surface area contributed by atoms with Gasteiger partial charge >= 0.3 is 0 Å². The minimum atomic E-state index is -0.111. The number of fused-ring (bicyclic) bond motifs is 4. The second kappa shape index (κ2) is 8.48. The van der Waals surface area contributed by atoms with E-state index in [0.29, 0.717) is 31.9 Å². The topological polar surface area (TPSA) is 75.6 Å². The van der Waals surface area contributed by atoms with Crippen LogP contribution in [0.3, 0.4) is 0 Å². The van der Waals surface area contributed by atoms with Crippen molar-refractivity contribution in [2.24, 2.45) is 5.92 Å². The molecule has 28 heavy (non-hydrogen) atoms. The van der Waals surface area contributed by atoms with Gasteiger partial charge in [0, 0.05) is 38.1 Å². The van der Waals surface area contributed by atoms with Crippen LogP contribution in [-0.2, 0) is 16.1 Å². The highest BCUT2D eigenvalue weighted by molar-refractivity contribution is 5.92. The predicted molar refractivity (Wildman–Crippen MR) is 102 cm³/mol. The van der Waals surface area contributed by atoms with Gasteiger partial charge in [0.25, 0.3) is 5.91 Å². The molecule has 7 heteroatoms. The molecule has 7 nitrogen and oxygen atoms in total. The van der Waals surface area contributed by atoms with Crippen LogP contribution >= 0.6 is 0 Å². The molecule has 4 heterocycles. The molecule has 2 aromatic rings. The number of aromatic nitrogens is 2. The van der Waals surface area contributed by atoms with Gasteiger partial charge in [-0.15, -0.1) is 0 Å². The smallest absolute Gasteiger partial charge is 0.274 e. The maximum absolute atomic E-state index is 12.8. The molecule has 3 aliphatic rings. The van der Waals surface area contributed by atoms with Crippen molar-refractivity contribution in [3.63, 3.8) is 0 Å². The lowest BCUT2D eigenvalue weighted by Gasteiger charge is -2.36. The van der Waals surface area contributed by atoms with Crippen LogP contribution in [0.2, 0.25) is 0 Å². The van der Waals surface area contributed by atoms with Crippen molar-refractivity contribution < 1.29 is 14.3 Å². The Hall–Kier alpha value is -2.80. The number of hydrogen-bond acceptors (Lipinski definition) is 5. The minimum Gasteiger partial charge on any atom is -0.367 e. The summed E-state index contributed by atoms with van der Waals surface area (Å²) in [6.07, 6.45) is 6.52. The normalized spacial score (nSPS) is 21.4. The van der Waals surface area contributed by atoms with Crippen LogP contribution in [0.1, 0.15) is 28.9 Å².